The normalized spacial score (nSPS) is 10.4. The predicted octanol–water partition coefficient (Wildman–Crippen LogP) is 2.01. The van der Waals surface area contributed by atoms with Gasteiger partial charge in [-0.15, -0.1) is 0 Å². The quantitative estimate of drug-likeness (QED) is 0.422. The first-order valence-corrected chi connectivity index (χ1v) is 8.17. The van der Waals surface area contributed by atoms with Gasteiger partial charge in [0.15, 0.2) is 11.7 Å². The standard InChI is InChI=1S/C18H19N3O4S/c1-12-4-3-5-15(10-12)24-11-17(23)20-21-18(26)19-16(22)9-8-14-7-6-13(2)25-14/h3-10H,11H2,1-2H3,(H,20,23)(H2,19,21,22,26)/b9-8+. The lowest BCUT2D eigenvalue weighted by Gasteiger charge is -2.10. The molecule has 0 aliphatic carbocycles. The van der Waals surface area contributed by atoms with Gasteiger partial charge in [0, 0.05) is 6.08 Å². The molecule has 2 rings (SSSR count). The molecule has 0 fully saturated rings. The average Bonchev–Trinajstić information content (AvgIpc) is 3.02. The average molecular weight is 373 g/mol. The summed E-state index contributed by atoms with van der Waals surface area (Å²) in [4.78, 5) is 23.4. The molecule has 3 N–H and O–H groups in total. The highest BCUT2D eigenvalue weighted by Gasteiger charge is 2.05. The largest absolute Gasteiger partial charge is 0.484 e. The topological polar surface area (TPSA) is 92.6 Å². The summed E-state index contributed by atoms with van der Waals surface area (Å²) >= 11 is 4.92. The van der Waals surface area contributed by atoms with Crippen LogP contribution in [-0.2, 0) is 9.59 Å². The van der Waals surface area contributed by atoms with Crippen molar-refractivity contribution in [1.29, 1.82) is 0 Å². The molecule has 0 radical (unpaired) electrons. The molecule has 136 valence electrons. The molecule has 2 aromatic rings. The van der Waals surface area contributed by atoms with Gasteiger partial charge in [0.05, 0.1) is 0 Å². The highest BCUT2D eigenvalue weighted by atomic mass is 32.1. The number of hydrogen-bond donors (Lipinski definition) is 3. The molecular formula is C18H19N3O4S. The molecule has 0 atom stereocenters. The van der Waals surface area contributed by atoms with E-state index >= 15 is 0 Å². The van der Waals surface area contributed by atoms with Crippen LogP contribution in [0, 0.1) is 13.8 Å². The molecule has 0 aliphatic rings. The lowest BCUT2D eigenvalue weighted by atomic mass is 10.2. The van der Waals surface area contributed by atoms with Crippen molar-refractivity contribution in [3.05, 3.63) is 59.6 Å². The lowest BCUT2D eigenvalue weighted by molar-refractivity contribution is -0.123. The second-order valence-electron chi connectivity index (χ2n) is 5.38. The van der Waals surface area contributed by atoms with Crippen LogP contribution in [0.5, 0.6) is 5.75 Å². The van der Waals surface area contributed by atoms with Crippen molar-refractivity contribution < 1.29 is 18.7 Å². The van der Waals surface area contributed by atoms with E-state index in [4.69, 9.17) is 21.4 Å². The van der Waals surface area contributed by atoms with E-state index in [2.05, 4.69) is 16.2 Å². The number of hydrazine groups is 1. The smallest absolute Gasteiger partial charge is 0.276 e. The first-order chi connectivity index (χ1) is 12.4. The molecule has 7 nitrogen and oxygen atoms in total. The molecule has 2 amide bonds. The molecule has 1 heterocycles. The minimum atomic E-state index is -0.457. The number of thiocarbonyl (C=S) groups is 1. The van der Waals surface area contributed by atoms with Crippen molar-refractivity contribution in [2.24, 2.45) is 0 Å². The summed E-state index contributed by atoms with van der Waals surface area (Å²) in [5.74, 6) is 0.997. The van der Waals surface area contributed by atoms with Crippen molar-refractivity contribution in [2.75, 3.05) is 6.61 Å². The number of carbonyl (C=O) groups is 2. The third-order valence-electron chi connectivity index (χ3n) is 3.07. The van der Waals surface area contributed by atoms with E-state index in [9.17, 15) is 9.59 Å². The molecular weight excluding hydrogens is 354 g/mol. The number of rotatable bonds is 5. The van der Waals surface area contributed by atoms with Crippen LogP contribution >= 0.6 is 12.2 Å². The number of furan rings is 1. The van der Waals surface area contributed by atoms with Crippen molar-refractivity contribution in [3.63, 3.8) is 0 Å². The monoisotopic (exact) mass is 373 g/mol. The molecule has 0 unspecified atom stereocenters. The lowest BCUT2D eigenvalue weighted by Crippen LogP contribution is -2.49. The molecule has 1 aromatic carbocycles. The molecule has 0 bridgehead atoms. The van der Waals surface area contributed by atoms with Gasteiger partial charge < -0.3 is 9.15 Å². The highest BCUT2D eigenvalue weighted by Crippen LogP contribution is 2.11. The zero-order valence-electron chi connectivity index (χ0n) is 14.4. The zero-order chi connectivity index (χ0) is 18.9. The van der Waals surface area contributed by atoms with Crippen molar-refractivity contribution >= 4 is 35.2 Å². The van der Waals surface area contributed by atoms with Crippen molar-refractivity contribution in [3.8, 4) is 5.75 Å². The Balaban J connectivity index is 1.68. The first-order valence-electron chi connectivity index (χ1n) is 7.76. The summed E-state index contributed by atoms with van der Waals surface area (Å²) in [5, 5.41) is 2.35. The van der Waals surface area contributed by atoms with E-state index in [1.54, 1.807) is 18.2 Å². The Morgan fingerprint density at radius 2 is 2.00 bits per heavy atom. The Bertz CT molecular complexity index is 829. The van der Waals surface area contributed by atoms with Crippen LogP contribution in [0.2, 0.25) is 0 Å². The van der Waals surface area contributed by atoms with Crippen LogP contribution < -0.4 is 20.9 Å². The third-order valence-corrected chi connectivity index (χ3v) is 3.28. The summed E-state index contributed by atoms with van der Waals surface area (Å²) in [6.07, 6.45) is 2.79. The van der Waals surface area contributed by atoms with Gasteiger partial charge in [-0.2, -0.15) is 0 Å². The van der Waals surface area contributed by atoms with Gasteiger partial charge in [0.2, 0.25) is 5.91 Å². The number of amides is 2. The number of hydrogen-bond acceptors (Lipinski definition) is 5. The summed E-state index contributed by atoms with van der Waals surface area (Å²) in [6, 6.07) is 10.9. The molecule has 0 saturated carbocycles. The number of nitrogens with one attached hydrogen (secondary N) is 3. The van der Waals surface area contributed by atoms with Gasteiger partial charge in [-0.1, -0.05) is 12.1 Å². The van der Waals surface area contributed by atoms with Crippen LogP contribution in [0.25, 0.3) is 6.08 Å². The summed E-state index contributed by atoms with van der Waals surface area (Å²) in [5.41, 5.74) is 5.79. The number of ether oxygens (including phenoxy) is 1. The maximum absolute atomic E-state index is 11.7. The predicted molar refractivity (Wildman–Crippen MR) is 101 cm³/mol. The summed E-state index contributed by atoms with van der Waals surface area (Å²) in [7, 11) is 0. The van der Waals surface area contributed by atoms with Crippen LogP contribution in [-0.4, -0.2) is 23.5 Å². The van der Waals surface area contributed by atoms with Gasteiger partial charge in [0.25, 0.3) is 5.91 Å². The molecule has 0 spiro atoms. The zero-order valence-corrected chi connectivity index (χ0v) is 15.2. The van der Waals surface area contributed by atoms with Gasteiger partial charge in [-0.3, -0.25) is 25.8 Å². The molecule has 8 heteroatoms. The minimum Gasteiger partial charge on any atom is -0.484 e. The Hall–Kier alpha value is -3.13. The van der Waals surface area contributed by atoms with Crippen LogP contribution in [0.15, 0.2) is 46.9 Å². The fourth-order valence-corrected chi connectivity index (χ4v) is 2.05. The highest BCUT2D eigenvalue weighted by molar-refractivity contribution is 7.80. The second-order valence-corrected chi connectivity index (χ2v) is 5.79. The maximum Gasteiger partial charge on any atom is 0.276 e. The molecule has 26 heavy (non-hydrogen) atoms. The molecule has 0 aliphatic heterocycles. The SMILES string of the molecule is Cc1cccc(OCC(=O)NNC(=S)NC(=O)/C=C/c2ccc(C)o2)c1. The van der Waals surface area contributed by atoms with E-state index in [0.717, 1.165) is 11.3 Å². The Labute approximate surface area is 156 Å². The first kappa shape index (κ1) is 19.2. The van der Waals surface area contributed by atoms with Crippen LogP contribution in [0.3, 0.4) is 0 Å². The Kier molecular flexibility index (Phi) is 6.92. The van der Waals surface area contributed by atoms with Crippen molar-refractivity contribution in [1.82, 2.24) is 16.2 Å². The fraction of sp³-hybridized carbons (Fsp3) is 0.167. The van der Waals surface area contributed by atoms with E-state index in [-0.39, 0.29) is 11.7 Å². The summed E-state index contributed by atoms with van der Waals surface area (Å²) in [6.45, 7) is 3.55. The summed E-state index contributed by atoms with van der Waals surface area (Å²) < 4.78 is 10.6. The van der Waals surface area contributed by atoms with Gasteiger partial charge in [0.1, 0.15) is 17.3 Å². The maximum atomic E-state index is 11.7. The molecule has 0 saturated heterocycles. The Morgan fingerprint density at radius 3 is 2.69 bits per heavy atom. The number of aryl methyl sites for hydroxylation is 2. The third kappa shape index (κ3) is 6.78. The van der Waals surface area contributed by atoms with E-state index in [0.29, 0.717) is 11.5 Å². The number of benzene rings is 1. The van der Waals surface area contributed by atoms with E-state index in [1.165, 1.54) is 12.2 Å². The second kappa shape index (κ2) is 9.38. The van der Waals surface area contributed by atoms with Gasteiger partial charge >= 0.3 is 0 Å². The van der Waals surface area contributed by atoms with Crippen LogP contribution in [0.4, 0.5) is 0 Å². The Morgan fingerprint density at radius 1 is 1.19 bits per heavy atom. The van der Waals surface area contributed by atoms with Gasteiger partial charge in [-0.05, 0) is 62.0 Å². The van der Waals surface area contributed by atoms with Crippen molar-refractivity contribution in [2.45, 2.75) is 13.8 Å². The minimum absolute atomic E-state index is 0.0424. The van der Waals surface area contributed by atoms with E-state index < -0.39 is 11.8 Å². The fourth-order valence-electron chi connectivity index (χ4n) is 1.90. The van der Waals surface area contributed by atoms with Crippen LogP contribution in [0.1, 0.15) is 17.1 Å². The van der Waals surface area contributed by atoms with Gasteiger partial charge in [-0.25, -0.2) is 0 Å². The number of carbonyl (C=O) groups excluding carboxylic acids is 2. The molecule has 1 aromatic heterocycles. The van der Waals surface area contributed by atoms with E-state index in [1.807, 2.05) is 32.0 Å².